The van der Waals surface area contributed by atoms with Gasteiger partial charge in [0.05, 0.1) is 0 Å². The molecule has 2 aliphatic heterocycles. The van der Waals surface area contributed by atoms with Gasteiger partial charge in [0.1, 0.15) is 5.60 Å². The minimum atomic E-state index is -0.426. The standard InChI is InChI=1S/C14H27N3O2/c1-10-7-12(16-6-5-11(15)8-16)9-17(10)13(18)19-14(2,3)4/h10-12H,5-9,15H2,1-4H3/t10-,11+,12+/m1/s1. The Bertz CT molecular complexity index is 340. The highest BCUT2D eigenvalue weighted by molar-refractivity contribution is 5.69. The lowest BCUT2D eigenvalue weighted by Crippen LogP contribution is -2.41. The highest BCUT2D eigenvalue weighted by atomic mass is 16.6. The van der Waals surface area contributed by atoms with Crippen LogP contribution in [0.2, 0.25) is 0 Å². The second-order valence-electron chi connectivity index (χ2n) is 6.91. The van der Waals surface area contributed by atoms with Crippen molar-refractivity contribution in [1.29, 1.82) is 0 Å². The summed E-state index contributed by atoms with van der Waals surface area (Å²) in [7, 11) is 0. The molecule has 110 valence electrons. The van der Waals surface area contributed by atoms with Crippen LogP contribution >= 0.6 is 0 Å². The maximum absolute atomic E-state index is 12.2. The van der Waals surface area contributed by atoms with Gasteiger partial charge in [-0.05, 0) is 40.5 Å². The number of carbonyl (C=O) groups excluding carboxylic acids is 1. The first-order valence-electron chi connectivity index (χ1n) is 7.25. The summed E-state index contributed by atoms with van der Waals surface area (Å²) in [5, 5.41) is 0. The quantitative estimate of drug-likeness (QED) is 0.782. The fourth-order valence-corrected chi connectivity index (χ4v) is 2.99. The SMILES string of the molecule is C[C@@H]1C[C@H](N2CC[C@H](N)C2)CN1C(=O)OC(C)(C)C. The van der Waals surface area contributed by atoms with Gasteiger partial charge in [-0.1, -0.05) is 0 Å². The Morgan fingerprint density at radius 3 is 2.53 bits per heavy atom. The molecule has 2 fully saturated rings. The van der Waals surface area contributed by atoms with Crippen LogP contribution in [0.4, 0.5) is 4.79 Å². The molecule has 0 aliphatic carbocycles. The summed E-state index contributed by atoms with van der Waals surface area (Å²) in [5.74, 6) is 0. The second kappa shape index (κ2) is 5.29. The predicted octanol–water partition coefficient (Wildman–Crippen LogP) is 1.42. The van der Waals surface area contributed by atoms with Crippen molar-refractivity contribution >= 4 is 6.09 Å². The van der Waals surface area contributed by atoms with Crippen LogP contribution in [0.3, 0.4) is 0 Å². The zero-order valence-corrected chi connectivity index (χ0v) is 12.6. The molecular weight excluding hydrogens is 242 g/mol. The van der Waals surface area contributed by atoms with E-state index in [4.69, 9.17) is 10.5 Å². The van der Waals surface area contributed by atoms with Crippen molar-refractivity contribution in [2.24, 2.45) is 5.73 Å². The van der Waals surface area contributed by atoms with E-state index in [9.17, 15) is 4.79 Å². The van der Waals surface area contributed by atoms with Gasteiger partial charge in [0.2, 0.25) is 0 Å². The van der Waals surface area contributed by atoms with Gasteiger partial charge in [-0.25, -0.2) is 4.79 Å². The Labute approximate surface area is 116 Å². The first kappa shape index (κ1) is 14.6. The fourth-order valence-electron chi connectivity index (χ4n) is 2.99. The third-order valence-electron chi connectivity index (χ3n) is 3.95. The van der Waals surface area contributed by atoms with E-state index in [0.29, 0.717) is 12.1 Å². The van der Waals surface area contributed by atoms with Crippen molar-refractivity contribution in [2.45, 2.75) is 64.3 Å². The van der Waals surface area contributed by atoms with E-state index in [1.807, 2.05) is 25.7 Å². The van der Waals surface area contributed by atoms with Gasteiger partial charge in [-0.3, -0.25) is 4.90 Å². The summed E-state index contributed by atoms with van der Waals surface area (Å²) < 4.78 is 5.47. The Kier molecular flexibility index (Phi) is 4.06. The van der Waals surface area contributed by atoms with Crippen molar-refractivity contribution < 1.29 is 9.53 Å². The molecule has 0 unspecified atom stereocenters. The normalized spacial score (nSPS) is 32.9. The molecule has 0 aromatic rings. The van der Waals surface area contributed by atoms with Crippen LogP contribution < -0.4 is 5.73 Å². The molecule has 0 bridgehead atoms. The van der Waals surface area contributed by atoms with E-state index in [1.54, 1.807) is 0 Å². The van der Waals surface area contributed by atoms with Crippen molar-refractivity contribution in [3.05, 3.63) is 0 Å². The summed E-state index contributed by atoms with van der Waals surface area (Å²) >= 11 is 0. The molecule has 0 aromatic heterocycles. The monoisotopic (exact) mass is 269 g/mol. The minimum absolute atomic E-state index is 0.189. The van der Waals surface area contributed by atoms with Gasteiger partial charge in [0.25, 0.3) is 0 Å². The van der Waals surface area contributed by atoms with Gasteiger partial charge in [0.15, 0.2) is 0 Å². The Hall–Kier alpha value is -0.810. The highest BCUT2D eigenvalue weighted by Gasteiger charge is 2.39. The number of carbonyl (C=O) groups is 1. The number of likely N-dealkylation sites (tertiary alicyclic amines) is 2. The van der Waals surface area contributed by atoms with Gasteiger partial charge in [0, 0.05) is 37.8 Å². The topological polar surface area (TPSA) is 58.8 Å². The number of hydrogen-bond acceptors (Lipinski definition) is 4. The molecule has 0 radical (unpaired) electrons. The van der Waals surface area contributed by atoms with Gasteiger partial charge in [-0.2, -0.15) is 0 Å². The van der Waals surface area contributed by atoms with Gasteiger partial charge < -0.3 is 15.4 Å². The zero-order valence-electron chi connectivity index (χ0n) is 12.6. The molecule has 0 aromatic carbocycles. The molecule has 2 rings (SSSR count). The third-order valence-corrected chi connectivity index (χ3v) is 3.95. The third kappa shape index (κ3) is 3.60. The number of hydrogen-bond donors (Lipinski definition) is 1. The molecule has 5 heteroatoms. The van der Waals surface area contributed by atoms with Crippen LogP contribution in [0.15, 0.2) is 0 Å². The molecule has 2 heterocycles. The molecule has 19 heavy (non-hydrogen) atoms. The molecule has 0 saturated carbocycles. The molecule has 2 aliphatic rings. The van der Waals surface area contributed by atoms with Crippen LogP contribution in [-0.2, 0) is 4.74 Å². The van der Waals surface area contributed by atoms with Crippen LogP contribution in [-0.4, -0.2) is 59.3 Å². The van der Waals surface area contributed by atoms with E-state index in [2.05, 4.69) is 11.8 Å². The highest BCUT2D eigenvalue weighted by Crippen LogP contribution is 2.26. The summed E-state index contributed by atoms with van der Waals surface area (Å²) in [6.07, 6.45) is 1.90. The average molecular weight is 269 g/mol. The number of nitrogens with zero attached hydrogens (tertiary/aromatic N) is 2. The summed E-state index contributed by atoms with van der Waals surface area (Å²) in [5.41, 5.74) is 5.53. The number of nitrogens with two attached hydrogens (primary N) is 1. The second-order valence-corrected chi connectivity index (χ2v) is 6.91. The predicted molar refractivity (Wildman–Crippen MR) is 75.0 cm³/mol. The molecule has 0 spiro atoms. The maximum Gasteiger partial charge on any atom is 0.410 e. The van der Waals surface area contributed by atoms with E-state index in [0.717, 1.165) is 32.5 Å². The minimum Gasteiger partial charge on any atom is -0.444 e. The number of rotatable bonds is 1. The smallest absolute Gasteiger partial charge is 0.410 e. The summed E-state index contributed by atoms with van der Waals surface area (Å²) in [4.78, 5) is 16.4. The van der Waals surface area contributed by atoms with Crippen molar-refractivity contribution in [3.63, 3.8) is 0 Å². The van der Waals surface area contributed by atoms with E-state index in [1.165, 1.54) is 0 Å². The maximum atomic E-state index is 12.2. The molecule has 5 nitrogen and oxygen atoms in total. The molecular formula is C14H27N3O2. The molecule has 3 atom stereocenters. The lowest BCUT2D eigenvalue weighted by atomic mass is 10.2. The van der Waals surface area contributed by atoms with Crippen LogP contribution in [0.1, 0.15) is 40.5 Å². The molecule has 2 saturated heterocycles. The van der Waals surface area contributed by atoms with Crippen LogP contribution in [0.5, 0.6) is 0 Å². The molecule has 1 amide bonds. The van der Waals surface area contributed by atoms with Gasteiger partial charge in [-0.15, -0.1) is 0 Å². The largest absolute Gasteiger partial charge is 0.444 e. The van der Waals surface area contributed by atoms with Crippen molar-refractivity contribution in [1.82, 2.24) is 9.80 Å². The average Bonchev–Trinajstić information content (AvgIpc) is 2.82. The lowest BCUT2D eigenvalue weighted by Gasteiger charge is -2.27. The Balaban J connectivity index is 1.92. The lowest BCUT2D eigenvalue weighted by molar-refractivity contribution is 0.0229. The van der Waals surface area contributed by atoms with Crippen LogP contribution in [0.25, 0.3) is 0 Å². The van der Waals surface area contributed by atoms with Crippen molar-refractivity contribution in [2.75, 3.05) is 19.6 Å². The molecule has 2 N–H and O–H groups in total. The Morgan fingerprint density at radius 2 is 2.00 bits per heavy atom. The Morgan fingerprint density at radius 1 is 1.32 bits per heavy atom. The van der Waals surface area contributed by atoms with E-state index < -0.39 is 5.60 Å². The summed E-state index contributed by atoms with van der Waals surface area (Å²) in [6.45, 7) is 10.6. The number of ether oxygens (including phenoxy) is 1. The fraction of sp³-hybridized carbons (Fsp3) is 0.929. The van der Waals surface area contributed by atoms with Gasteiger partial charge >= 0.3 is 6.09 Å². The van der Waals surface area contributed by atoms with E-state index in [-0.39, 0.29) is 12.1 Å². The van der Waals surface area contributed by atoms with Crippen LogP contribution in [0, 0.1) is 0 Å². The number of amides is 1. The van der Waals surface area contributed by atoms with E-state index >= 15 is 0 Å². The first-order chi connectivity index (χ1) is 8.76. The first-order valence-corrected chi connectivity index (χ1v) is 7.25. The zero-order chi connectivity index (χ0) is 14.2. The summed E-state index contributed by atoms with van der Waals surface area (Å²) in [6, 6.07) is 0.985. The van der Waals surface area contributed by atoms with Crippen molar-refractivity contribution in [3.8, 4) is 0 Å².